The Hall–Kier alpha value is -1.75. The van der Waals surface area contributed by atoms with Crippen LogP contribution in [0.4, 0.5) is 0 Å². The number of carbonyl (C=O) groups is 1. The van der Waals surface area contributed by atoms with Crippen molar-refractivity contribution in [3.05, 3.63) is 29.8 Å². The highest BCUT2D eigenvalue weighted by molar-refractivity contribution is 5.69. The Morgan fingerprint density at radius 3 is 1.33 bits per heavy atom. The van der Waals surface area contributed by atoms with Crippen molar-refractivity contribution in [1.82, 2.24) is 0 Å². The lowest BCUT2D eigenvalue weighted by Gasteiger charge is -2.09. The van der Waals surface area contributed by atoms with E-state index in [0.717, 1.165) is 25.0 Å². The largest absolute Gasteiger partial charge is 0.491 e. The number of hydrogen-bond acceptors (Lipinski definition) is 9. The minimum absolute atomic E-state index is 0.141. The van der Waals surface area contributed by atoms with E-state index in [0.29, 0.717) is 98.9 Å². The van der Waals surface area contributed by atoms with E-state index in [9.17, 15) is 4.79 Å². The van der Waals surface area contributed by atoms with Crippen molar-refractivity contribution in [2.45, 2.75) is 104 Å². The summed E-state index contributed by atoms with van der Waals surface area (Å²) in [6.07, 6.45) is 16.6. The standard InChI is InChI=1S/C37H66O9/c1-3-5-7-9-10-12-13-15-35-17-19-36(20-18-35)45-33-31-43-29-27-41-25-23-39-21-22-40-24-26-42-28-30-44-32-34-46-37(38)16-14-11-8-6-4-2/h17-20H,3-16,21-34H2,1-2H3. The number of benzene rings is 1. The number of esters is 1. The molecule has 1 aromatic carbocycles. The molecule has 9 heteroatoms. The summed E-state index contributed by atoms with van der Waals surface area (Å²) >= 11 is 0. The summed E-state index contributed by atoms with van der Waals surface area (Å²) in [6.45, 7) is 11.2. The molecule has 0 radical (unpaired) electrons. The maximum absolute atomic E-state index is 11.6. The van der Waals surface area contributed by atoms with Crippen molar-refractivity contribution in [2.75, 3.05) is 92.5 Å². The molecule has 0 bridgehead atoms. The van der Waals surface area contributed by atoms with Crippen LogP contribution in [0, 0.1) is 0 Å². The number of unbranched alkanes of at least 4 members (excludes halogenated alkanes) is 10. The van der Waals surface area contributed by atoms with Crippen molar-refractivity contribution in [3.63, 3.8) is 0 Å². The third-order valence-corrected chi connectivity index (χ3v) is 7.32. The second-order valence-corrected chi connectivity index (χ2v) is 11.4. The number of ether oxygens (including phenoxy) is 8. The first-order valence-electron chi connectivity index (χ1n) is 18.1. The molecular formula is C37H66O9. The van der Waals surface area contributed by atoms with Crippen LogP contribution in [0.2, 0.25) is 0 Å². The average Bonchev–Trinajstić information content (AvgIpc) is 3.07. The van der Waals surface area contributed by atoms with Crippen LogP contribution in [0.5, 0.6) is 5.75 Å². The zero-order valence-electron chi connectivity index (χ0n) is 29.3. The minimum atomic E-state index is -0.141. The van der Waals surface area contributed by atoms with Crippen molar-refractivity contribution >= 4 is 5.97 Å². The van der Waals surface area contributed by atoms with E-state index in [1.165, 1.54) is 69.8 Å². The van der Waals surface area contributed by atoms with Crippen molar-refractivity contribution in [2.24, 2.45) is 0 Å². The number of aryl methyl sites for hydroxylation is 1. The lowest BCUT2D eigenvalue weighted by molar-refractivity contribution is -0.145. The van der Waals surface area contributed by atoms with Crippen molar-refractivity contribution < 1.29 is 42.7 Å². The molecule has 0 N–H and O–H groups in total. The van der Waals surface area contributed by atoms with Gasteiger partial charge in [0.05, 0.1) is 79.3 Å². The third-order valence-electron chi connectivity index (χ3n) is 7.32. The van der Waals surface area contributed by atoms with Gasteiger partial charge in [0.15, 0.2) is 0 Å². The maximum Gasteiger partial charge on any atom is 0.305 e. The van der Waals surface area contributed by atoms with Crippen LogP contribution in [0.15, 0.2) is 24.3 Å². The average molecular weight is 655 g/mol. The van der Waals surface area contributed by atoms with Crippen LogP contribution in [-0.4, -0.2) is 98.5 Å². The highest BCUT2D eigenvalue weighted by Gasteiger charge is 2.03. The summed E-state index contributed by atoms with van der Waals surface area (Å²) in [5.74, 6) is 0.746. The normalized spacial score (nSPS) is 11.3. The quantitative estimate of drug-likeness (QED) is 0.0544. The molecule has 268 valence electrons. The van der Waals surface area contributed by atoms with E-state index in [4.69, 9.17) is 37.9 Å². The third kappa shape index (κ3) is 29.6. The molecular weight excluding hydrogens is 588 g/mol. The first-order chi connectivity index (χ1) is 22.8. The van der Waals surface area contributed by atoms with Gasteiger partial charge in [-0.2, -0.15) is 0 Å². The molecule has 0 heterocycles. The smallest absolute Gasteiger partial charge is 0.305 e. The van der Waals surface area contributed by atoms with Gasteiger partial charge in [-0.15, -0.1) is 0 Å². The molecule has 0 fully saturated rings. The molecule has 46 heavy (non-hydrogen) atoms. The number of rotatable bonds is 36. The van der Waals surface area contributed by atoms with Crippen molar-refractivity contribution in [1.29, 1.82) is 0 Å². The van der Waals surface area contributed by atoms with Gasteiger partial charge in [0.2, 0.25) is 0 Å². The summed E-state index contributed by atoms with van der Waals surface area (Å²) < 4.78 is 43.9. The van der Waals surface area contributed by atoms with Crippen LogP contribution in [0.3, 0.4) is 0 Å². The molecule has 0 aliphatic rings. The van der Waals surface area contributed by atoms with Gasteiger partial charge in [-0.05, 0) is 37.0 Å². The molecule has 9 nitrogen and oxygen atoms in total. The molecule has 1 aromatic rings. The number of hydrogen-bond donors (Lipinski definition) is 0. The van der Waals surface area contributed by atoms with Gasteiger partial charge in [0, 0.05) is 6.42 Å². The molecule has 0 aromatic heterocycles. The second kappa shape index (κ2) is 34.6. The highest BCUT2D eigenvalue weighted by Crippen LogP contribution is 2.15. The molecule has 0 aliphatic carbocycles. The van der Waals surface area contributed by atoms with Gasteiger partial charge in [0.1, 0.15) is 19.0 Å². The van der Waals surface area contributed by atoms with E-state index >= 15 is 0 Å². The van der Waals surface area contributed by atoms with Gasteiger partial charge >= 0.3 is 5.97 Å². The zero-order valence-corrected chi connectivity index (χ0v) is 29.3. The predicted molar refractivity (Wildman–Crippen MR) is 183 cm³/mol. The topological polar surface area (TPSA) is 90.9 Å². The summed E-state index contributed by atoms with van der Waals surface area (Å²) in [6, 6.07) is 8.45. The Labute approximate surface area is 280 Å². The van der Waals surface area contributed by atoms with Crippen molar-refractivity contribution in [3.8, 4) is 5.75 Å². The fraction of sp³-hybridized carbons (Fsp3) is 0.811. The Kier molecular flexibility index (Phi) is 31.8. The molecule has 0 saturated carbocycles. The molecule has 0 saturated heterocycles. The fourth-order valence-electron chi connectivity index (χ4n) is 4.62. The van der Waals surface area contributed by atoms with Crippen LogP contribution < -0.4 is 4.74 Å². The van der Waals surface area contributed by atoms with Gasteiger partial charge in [0.25, 0.3) is 0 Å². The monoisotopic (exact) mass is 654 g/mol. The zero-order chi connectivity index (χ0) is 33.0. The van der Waals surface area contributed by atoms with Gasteiger partial charge < -0.3 is 37.9 Å². The summed E-state index contributed by atoms with van der Waals surface area (Å²) in [5, 5.41) is 0. The van der Waals surface area contributed by atoms with E-state index in [1.54, 1.807) is 0 Å². The van der Waals surface area contributed by atoms with Crippen LogP contribution in [-0.2, 0) is 44.4 Å². The second-order valence-electron chi connectivity index (χ2n) is 11.4. The Bertz CT molecular complexity index is 760. The summed E-state index contributed by atoms with van der Waals surface area (Å²) in [5.41, 5.74) is 1.38. The molecule has 0 aliphatic heterocycles. The molecule has 1 rings (SSSR count). The molecule has 0 spiro atoms. The fourth-order valence-corrected chi connectivity index (χ4v) is 4.62. The molecule has 0 atom stereocenters. The first-order valence-corrected chi connectivity index (χ1v) is 18.1. The Morgan fingerprint density at radius 1 is 0.457 bits per heavy atom. The molecule has 0 unspecified atom stereocenters. The molecule has 0 amide bonds. The van der Waals surface area contributed by atoms with Gasteiger partial charge in [-0.3, -0.25) is 4.79 Å². The van der Waals surface area contributed by atoms with E-state index in [-0.39, 0.29) is 5.97 Å². The maximum atomic E-state index is 11.6. The summed E-state index contributed by atoms with van der Waals surface area (Å²) in [7, 11) is 0. The SMILES string of the molecule is CCCCCCCCCc1ccc(OCCOCCOCCOCCOCCOCCOCCOC(=O)CCCCCCC)cc1. The highest BCUT2D eigenvalue weighted by atomic mass is 16.6. The Morgan fingerprint density at radius 2 is 0.848 bits per heavy atom. The van der Waals surface area contributed by atoms with Gasteiger partial charge in [-0.1, -0.05) is 90.2 Å². The van der Waals surface area contributed by atoms with E-state index in [1.807, 2.05) is 0 Å². The van der Waals surface area contributed by atoms with E-state index in [2.05, 4.69) is 38.1 Å². The van der Waals surface area contributed by atoms with Crippen LogP contribution in [0.1, 0.15) is 103 Å². The first kappa shape index (κ1) is 42.3. The lowest BCUT2D eigenvalue weighted by Crippen LogP contribution is -2.15. The predicted octanol–water partition coefficient (Wildman–Crippen LogP) is 7.36. The van der Waals surface area contributed by atoms with Crippen LogP contribution >= 0.6 is 0 Å². The minimum Gasteiger partial charge on any atom is -0.491 e. The number of carbonyl (C=O) groups excluding carboxylic acids is 1. The van der Waals surface area contributed by atoms with Gasteiger partial charge in [-0.25, -0.2) is 0 Å². The summed E-state index contributed by atoms with van der Waals surface area (Å²) in [4.78, 5) is 11.6. The van der Waals surface area contributed by atoms with E-state index < -0.39 is 0 Å². The lowest BCUT2D eigenvalue weighted by atomic mass is 10.0. The Balaban J connectivity index is 1.74. The van der Waals surface area contributed by atoms with Crippen LogP contribution in [0.25, 0.3) is 0 Å².